The van der Waals surface area contributed by atoms with Crippen LogP contribution in [0.25, 0.3) is 0 Å². The van der Waals surface area contributed by atoms with Crippen molar-refractivity contribution in [1.29, 1.82) is 0 Å². The first-order chi connectivity index (χ1) is 8.67. The SMILES string of the molecule is CNCCN(CCC(O)C(F)F)C(=O)OC(C)(C)C. The zero-order chi connectivity index (χ0) is 15.1. The Morgan fingerprint density at radius 1 is 1.37 bits per heavy atom. The highest BCUT2D eigenvalue weighted by Gasteiger charge is 2.24. The summed E-state index contributed by atoms with van der Waals surface area (Å²) in [5.41, 5.74) is -0.643. The summed E-state index contributed by atoms with van der Waals surface area (Å²) in [4.78, 5) is 13.2. The molecule has 114 valence electrons. The number of aliphatic hydroxyl groups is 1. The largest absolute Gasteiger partial charge is 0.444 e. The average molecular weight is 282 g/mol. The highest BCUT2D eigenvalue weighted by molar-refractivity contribution is 5.68. The van der Waals surface area contributed by atoms with Crippen LogP contribution in [0.15, 0.2) is 0 Å². The predicted octanol–water partition coefficient (Wildman–Crippen LogP) is 1.46. The number of nitrogens with zero attached hydrogens (tertiary/aromatic N) is 1. The maximum Gasteiger partial charge on any atom is 0.410 e. The van der Waals surface area contributed by atoms with Crippen molar-refractivity contribution in [3.8, 4) is 0 Å². The Kier molecular flexibility index (Phi) is 7.85. The van der Waals surface area contributed by atoms with Gasteiger partial charge in [0.1, 0.15) is 11.7 Å². The Hall–Kier alpha value is -0.950. The molecule has 0 aromatic rings. The molecule has 0 aromatic carbocycles. The first-order valence-electron chi connectivity index (χ1n) is 6.26. The molecule has 19 heavy (non-hydrogen) atoms. The molecule has 0 heterocycles. The minimum Gasteiger partial charge on any atom is -0.444 e. The molecule has 0 aliphatic heterocycles. The van der Waals surface area contributed by atoms with Crippen molar-refractivity contribution in [1.82, 2.24) is 10.2 Å². The second kappa shape index (κ2) is 8.27. The summed E-state index contributed by atoms with van der Waals surface area (Å²) < 4.78 is 29.6. The topological polar surface area (TPSA) is 61.8 Å². The van der Waals surface area contributed by atoms with Gasteiger partial charge in [-0.05, 0) is 34.2 Å². The Bertz CT molecular complexity index is 270. The average Bonchev–Trinajstić information content (AvgIpc) is 2.26. The van der Waals surface area contributed by atoms with Gasteiger partial charge < -0.3 is 20.1 Å². The maximum absolute atomic E-state index is 12.2. The fourth-order valence-corrected chi connectivity index (χ4v) is 1.28. The summed E-state index contributed by atoms with van der Waals surface area (Å²) in [5.74, 6) is 0. The van der Waals surface area contributed by atoms with Crippen LogP contribution in [0.4, 0.5) is 13.6 Å². The number of hydrogen-bond donors (Lipinski definition) is 2. The number of likely N-dealkylation sites (N-methyl/N-ethyl adjacent to an activating group) is 1. The van der Waals surface area contributed by atoms with Crippen molar-refractivity contribution >= 4 is 6.09 Å². The summed E-state index contributed by atoms with van der Waals surface area (Å²) in [6.45, 7) is 6.08. The fourth-order valence-electron chi connectivity index (χ4n) is 1.28. The number of nitrogens with one attached hydrogen (secondary N) is 1. The lowest BCUT2D eigenvalue weighted by Crippen LogP contribution is -2.41. The summed E-state index contributed by atoms with van der Waals surface area (Å²) in [7, 11) is 1.72. The van der Waals surface area contributed by atoms with E-state index in [9.17, 15) is 13.6 Å². The lowest BCUT2D eigenvalue weighted by Gasteiger charge is -2.28. The molecule has 0 aromatic heterocycles. The molecule has 0 rings (SSSR count). The summed E-state index contributed by atoms with van der Waals surface area (Å²) in [5, 5.41) is 11.9. The highest BCUT2D eigenvalue weighted by atomic mass is 19.3. The number of aliphatic hydroxyl groups excluding tert-OH is 1. The third kappa shape index (κ3) is 8.72. The molecule has 2 N–H and O–H groups in total. The smallest absolute Gasteiger partial charge is 0.410 e. The van der Waals surface area contributed by atoms with Gasteiger partial charge in [0.05, 0.1) is 0 Å². The molecule has 1 atom stereocenters. The van der Waals surface area contributed by atoms with Crippen LogP contribution in [-0.2, 0) is 4.74 Å². The quantitative estimate of drug-likeness (QED) is 0.742. The first kappa shape index (κ1) is 18.0. The van der Waals surface area contributed by atoms with Gasteiger partial charge in [-0.25, -0.2) is 13.6 Å². The molecule has 0 fully saturated rings. The monoisotopic (exact) mass is 282 g/mol. The van der Waals surface area contributed by atoms with Gasteiger partial charge in [0, 0.05) is 19.6 Å². The molecule has 0 radical (unpaired) electrons. The third-order valence-corrected chi connectivity index (χ3v) is 2.27. The van der Waals surface area contributed by atoms with Crippen molar-refractivity contribution in [2.45, 2.75) is 45.3 Å². The van der Waals surface area contributed by atoms with Crippen molar-refractivity contribution < 1.29 is 23.4 Å². The van der Waals surface area contributed by atoms with Gasteiger partial charge >= 0.3 is 6.09 Å². The zero-order valence-electron chi connectivity index (χ0n) is 11.9. The van der Waals surface area contributed by atoms with E-state index in [1.165, 1.54) is 4.90 Å². The standard InChI is InChI=1S/C12H24F2N2O3/c1-12(2,3)19-11(18)16(8-6-15-4)7-5-9(17)10(13)14/h9-10,15,17H,5-8H2,1-4H3. The van der Waals surface area contributed by atoms with Crippen molar-refractivity contribution in [2.75, 3.05) is 26.7 Å². The molecule has 0 saturated heterocycles. The molecular weight excluding hydrogens is 258 g/mol. The van der Waals surface area contributed by atoms with Crippen molar-refractivity contribution in [3.63, 3.8) is 0 Å². The number of carbonyl (C=O) groups excluding carboxylic acids is 1. The van der Waals surface area contributed by atoms with Crippen LogP contribution < -0.4 is 5.32 Å². The molecule has 0 aliphatic carbocycles. The minimum absolute atomic E-state index is 0.0299. The van der Waals surface area contributed by atoms with E-state index in [1.54, 1.807) is 27.8 Å². The van der Waals surface area contributed by atoms with Gasteiger partial charge in [0.2, 0.25) is 0 Å². The fraction of sp³-hybridized carbons (Fsp3) is 0.917. The van der Waals surface area contributed by atoms with Crippen molar-refractivity contribution in [2.24, 2.45) is 0 Å². The normalized spacial score (nSPS) is 13.5. The van der Waals surface area contributed by atoms with E-state index in [0.717, 1.165) is 0 Å². The van der Waals surface area contributed by atoms with Crippen LogP contribution in [-0.4, -0.2) is 60.9 Å². The summed E-state index contributed by atoms with van der Waals surface area (Å²) >= 11 is 0. The molecule has 0 saturated carbocycles. The Morgan fingerprint density at radius 3 is 2.37 bits per heavy atom. The molecule has 5 nitrogen and oxygen atoms in total. The van der Waals surface area contributed by atoms with E-state index in [2.05, 4.69) is 5.32 Å². The van der Waals surface area contributed by atoms with Crippen LogP contribution >= 0.6 is 0 Å². The molecular formula is C12H24F2N2O3. The van der Waals surface area contributed by atoms with Crippen molar-refractivity contribution in [3.05, 3.63) is 0 Å². The van der Waals surface area contributed by atoms with Crippen LogP contribution in [0.3, 0.4) is 0 Å². The molecule has 1 unspecified atom stereocenters. The minimum atomic E-state index is -2.80. The van der Waals surface area contributed by atoms with Crippen LogP contribution in [0.5, 0.6) is 0 Å². The van der Waals surface area contributed by atoms with Gasteiger partial charge in [-0.2, -0.15) is 0 Å². The number of halogens is 2. The number of hydrogen-bond acceptors (Lipinski definition) is 4. The van der Waals surface area contributed by atoms with Crippen LogP contribution in [0, 0.1) is 0 Å². The van der Waals surface area contributed by atoms with Gasteiger partial charge in [-0.15, -0.1) is 0 Å². The number of amides is 1. The Morgan fingerprint density at radius 2 is 1.95 bits per heavy atom. The van der Waals surface area contributed by atoms with Gasteiger partial charge in [-0.3, -0.25) is 0 Å². The molecule has 0 spiro atoms. The van der Waals surface area contributed by atoms with Crippen LogP contribution in [0.1, 0.15) is 27.2 Å². The van der Waals surface area contributed by atoms with E-state index in [1.807, 2.05) is 0 Å². The number of alkyl halides is 2. The Balaban J connectivity index is 4.41. The molecule has 0 bridgehead atoms. The Labute approximate surface area is 112 Å². The van der Waals surface area contributed by atoms with E-state index >= 15 is 0 Å². The highest BCUT2D eigenvalue weighted by Crippen LogP contribution is 2.11. The molecule has 7 heteroatoms. The third-order valence-electron chi connectivity index (χ3n) is 2.27. The number of rotatable bonds is 7. The lowest BCUT2D eigenvalue weighted by molar-refractivity contribution is -0.0173. The first-order valence-corrected chi connectivity index (χ1v) is 6.26. The van der Waals surface area contributed by atoms with Gasteiger partial charge in [0.25, 0.3) is 6.43 Å². The van der Waals surface area contributed by atoms with E-state index < -0.39 is 24.2 Å². The number of ether oxygens (including phenoxy) is 1. The maximum atomic E-state index is 12.2. The van der Waals surface area contributed by atoms with E-state index in [0.29, 0.717) is 13.1 Å². The van der Waals surface area contributed by atoms with Gasteiger partial charge in [-0.1, -0.05) is 0 Å². The summed E-state index contributed by atoms with van der Waals surface area (Å²) in [6.07, 6.45) is -5.27. The number of carbonyl (C=O) groups is 1. The predicted molar refractivity (Wildman–Crippen MR) is 68.4 cm³/mol. The second-order valence-corrected chi connectivity index (χ2v) is 5.26. The molecule has 1 amide bonds. The molecule has 0 aliphatic rings. The van der Waals surface area contributed by atoms with Crippen LogP contribution in [0.2, 0.25) is 0 Å². The van der Waals surface area contributed by atoms with Gasteiger partial charge in [0.15, 0.2) is 0 Å². The lowest BCUT2D eigenvalue weighted by atomic mass is 10.2. The van der Waals surface area contributed by atoms with E-state index in [4.69, 9.17) is 9.84 Å². The summed E-state index contributed by atoms with van der Waals surface area (Å²) in [6, 6.07) is 0. The zero-order valence-corrected chi connectivity index (χ0v) is 11.9. The van der Waals surface area contributed by atoms with E-state index in [-0.39, 0.29) is 13.0 Å². The second-order valence-electron chi connectivity index (χ2n) is 5.26.